The maximum atomic E-state index is 10.4. The normalized spacial score (nSPS) is 9.67. The van der Waals surface area contributed by atoms with Crippen LogP contribution in [0.1, 0.15) is 33.1 Å². The van der Waals surface area contributed by atoms with Gasteiger partial charge in [-0.15, -0.1) is 0 Å². The fourth-order valence-electron chi connectivity index (χ4n) is 0.742. The molecular weight excluding hydrogens is 230 g/mol. The van der Waals surface area contributed by atoms with Crippen LogP contribution in [0.5, 0.6) is 0 Å². The molecule has 0 amide bonds. The minimum Gasteiger partial charge on any atom is -0.478 e. The summed E-state index contributed by atoms with van der Waals surface area (Å²) in [5.41, 5.74) is 0.529. The minimum atomic E-state index is -0.782. The number of hydrogen-bond donors (Lipinski definition) is 1. The van der Waals surface area contributed by atoms with Crippen molar-refractivity contribution in [2.45, 2.75) is 33.1 Å². The Balaban J connectivity index is -0.000000405. The fraction of sp³-hybridized carbons (Fsp3) is 0.625. The topological polar surface area (TPSA) is 37.3 Å². The Morgan fingerprint density at radius 3 is 2.17 bits per heavy atom. The van der Waals surface area contributed by atoms with Crippen LogP contribution in [0.3, 0.4) is 0 Å². The van der Waals surface area contributed by atoms with Gasteiger partial charge in [0.1, 0.15) is 0 Å². The van der Waals surface area contributed by atoms with Crippen molar-refractivity contribution in [2.24, 2.45) is 0 Å². The second kappa shape index (κ2) is 11.4. The van der Waals surface area contributed by atoms with E-state index < -0.39 is 5.97 Å². The van der Waals surface area contributed by atoms with Gasteiger partial charge in [-0.2, -0.15) is 0 Å². The fourth-order valence-corrected chi connectivity index (χ4v) is 0.742. The van der Waals surface area contributed by atoms with E-state index in [2.05, 4.69) is 6.92 Å². The molecule has 0 aromatic carbocycles. The van der Waals surface area contributed by atoms with Crippen LogP contribution in [0.2, 0.25) is 0 Å². The molecule has 0 saturated carbocycles. The van der Waals surface area contributed by atoms with Gasteiger partial charge >= 0.3 is 5.97 Å². The van der Waals surface area contributed by atoms with Crippen LogP contribution in [0, 0.1) is 0 Å². The summed E-state index contributed by atoms with van der Waals surface area (Å²) in [6.45, 7) is 3.81. The molecule has 0 aliphatic rings. The molecule has 0 aromatic rings. The first-order chi connectivity index (χ1) is 4.72. The molecular formula is C8H14O2V2. The maximum Gasteiger partial charge on any atom is 0.331 e. The van der Waals surface area contributed by atoms with Crippen LogP contribution in [0.25, 0.3) is 0 Å². The van der Waals surface area contributed by atoms with E-state index in [-0.39, 0.29) is 37.1 Å². The van der Waals surface area contributed by atoms with Gasteiger partial charge in [-0.3, -0.25) is 0 Å². The van der Waals surface area contributed by atoms with Crippen LogP contribution in [-0.4, -0.2) is 11.1 Å². The summed E-state index contributed by atoms with van der Waals surface area (Å²) in [4.78, 5) is 10.4. The number of carboxylic acid groups (broad SMARTS) is 1. The molecule has 0 saturated heterocycles. The third-order valence-corrected chi connectivity index (χ3v) is 1.42. The molecule has 0 aromatic heterocycles. The second-order valence-corrected chi connectivity index (χ2v) is 2.22. The van der Waals surface area contributed by atoms with E-state index in [9.17, 15) is 4.79 Å². The molecule has 0 rings (SSSR count). The first-order valence-corrected chi connectivity index (χ1v) is 3.60. The van der Waals surface area contributed by atoms with Gasteiger partial charge in [0.25, 0.3) is 0 Å². The number of aliphatic carboxylic acids is 1. The number of rotatable bonds is 4. The number of unbranched alkanes of at least 4 members (excludes halogenated alkanes) is 1. The van der Waals surface area contributed by atoms with Crippen molar-refractivity contribution >= 4 is 5.97 Å². The van der Waals surface area contributed by atoms with Gasteiger partial charge in [-0.05, 0) is 19.8 Å². The van der Waals surface area contributed by atoms with Crippen LogP contribution >= 0.6 is 0 Å². The number of carboxylic acids is 1. The van der Waals surface area contributed by atoms with E-state index in [0.29, 0.717) is 12.0 Å². The molecule has 1 N–H and O–H groups in total. The van der Waals surface area contributed by atoms with E-state index in [1.807, 2.05) is 0 Å². The summed E-state index contributed by atoms with van der Waals surface area (Å²) >= 11 is 0. The Kier molecular flexibility index (Phi) is 17.3. The van der Waals surface area contributed by atoms with Gasteiger partial charge < -0.3 is 5.11 Å². The smallest absolute Gasteiger partial charge is 0.331 e. The summed E-state index contributed by atoms with van der Waals surface area (Å²) < 4.78 is 0. The van der Waals surface area contributed by atoms with E-state index in [1.54, 1.807) is 13.0 Å². The molecule has 0 aliphatic heterocycles. The van der Waals surface area contributed by atoms with Crippen LogP contribution in [0.4, 0.5) is 0 Å². The first kappa shape index (κ1) is 18.2. The molecule has 12 heavy (non-hydrogen) atoms. The molecule has 0 unspecified atom stereocenters. The van der Waals surface area contributed by atoms with Gasteiger partial charge in [0.05, 0.1) is 0 Å². The van der Waals surface area contributed by atoms with Crippen molar-refractivity contribution in [1.29, 1.82) is 0 Å². The standard InChI is InChI=1S/C8H14O2.2V/c1-3-5-6-7(4-2)8(9)10;;/h4H,3,5-6H2,1-2H3,(H,9,10);;/b7-4+;;. The zero-order chi connectivity index (χ0) is 7.98. The van der Waals surface area contributed by atoms with Crippen LogP contribution in [-0.2, 0) is 41.9 Å². The molecule has 0 bridgehead atoms. The molecule has 0 atom stereocenters. The quantitative estimate of drug-likeness (QED) is 0.769. The molecule has 2 nitrogen and oxygen atoms in total. The summed E-state index contributed by atoms with van der Waals surface area (Å²) in [5, 5.41) is 8.53. The Bertz CT molecular complexity index is 144. The van der Waals surface area contributed by atoms with Crippen molar-refractivity contribution in [1.82, 2.24) is 0 Å². The van der Waals surface area contributed by atoms with E-state index in [4.69, 9.17) is 5.11 Å². The van der Waals surface area contributed by atoms with Crippen molar-refractivity contribution in [2.75, 3.05) is 0 Å². The van der Waals surface area contributed by atoms with Gasteiger partial charge in [0, 0.05) is 42.7 Å². The van der Waals surface area contributed by atoms with Crippen LogP contribution in [0.15, 0.2) is 11.6 Å². The largest absolute Gasteiger partial charge is 0.478 e. The number of carbonyl (C=O) groups is 1. The van der Waals surface area contributed by atoms with Crippen molar-refractivity contribution in [3.63, 3.8) is 0 Å². The van der Waals surface area contributed by atoms with Gasteiger partial charge in [-0.1, -0.05) is 19.4 Å². The zero-order valence-electron chi connectivity index (χ0n) is 7.45. The molecule has 4 heteroatoms. The first-order valence-electron chi connectivity index (χ1n) is 3.60. The number of hydrogen-bond acceptors (Lipinski definition) is 1. The summed E-state index contributed by atoms with van der Waals surface area (Å²) in [5.74, 6) is -0.782. The Morgan fingerprint density at radius 2 is 1.92 bits per heavy atom. The van der Waals surface area contributed by atoms with Gasteiger partial charge in [0.15, 0.2) is 0 Å². The van der Waals surface area contributed by atoms with Crippen LogP contribution < -0.4 is 0 Å². The molecule has 0 spiro atoms. The average Bonchev–Trinajstić information content (AvgIpc) is 1.89. The monoisotopic (exact) mass is 244 g/mol. The summed E-state index contributed by atoms with van der Waals surface area (Å²) in [6.07, 6.45) is 4.37. The molecule has 68 valence electrons. The van der Waals surface area contributed by atoms with Gasteiger partial charge in [0.2, 0.25) is 0 Å². The molecule has 0 heterocycles. The van der Waals surface area contributed by atoms with Crippen molar-refractivity contribution in [3.05, 3.63) is 11.6 Å². The van der Waals surface area contributed by atoms with Crippen molar-refractivity contribution in [3.8, 4) is 0 Å². The Hall–Kier alpha value is 0.379. The van der Waals surface area contributed by atoms with E-state index >= 15 is 0 Å². The second-order valence-electron chi connectivity index (χ2n) is 2.22. The minimum absolute atomic E-state index is 0. The molecule has 0 fully saturated rings. The maximum absolute atomic E-state index is 10.4. The Labute approximate surface area is 97.6 Å². The predicted octanol–water partition coefficient (Wildman–Crippen LogP) is 2.20. The summed E-state index contributed by atoms with van der Waals surface area (Å²) in [7, 11) is 0. The SMILES string of the molecule is C/C=C(\CCCC)C(=O)O.[V].[V]. The van der Waals surface area contributed by atoms with E-state index in [1.165, 1.54) is 0 Å². The third-order valence-electron chi connectivity index (χ3n) is 1.42. The third kappa shape index (κ3) is 8.48. The Morgan fingerprint density at radius 1 is 1.42 bits per heavy atom. The predicted molar refractivity (Wildman–Crippen MR) is 40.9 cm³/mol. The molecule has 2 radical (unpaired) electrons. The number of allylic oxidation sites excluding steroid dienone is 1. The van der Waals surface area contributed by atoms with Gasteiger partial charge in [-0.25, -0.2) is 4.79 Å². The zero-order valence-corrected chi connectivity index (χ0v) is 10.2. The van der Waals surface area contributed by atoms with E-state index in [0.717, 1.165) is 12.8 Å². The average molecular weight is 244 g/mol. The van der Waals surface area contributed by atoms with Crippen molar-refractivity contribution < 1.29 is 47.0 Å². The molecule has 0 aliphatic carbocycles. The summed E-state index contributed by atoms with van der Waals surface area (Å²) in [6, 6.07) is 0.